The highest BCUT2D eigenvalue weighted by molar-refractivity contribution is 7.99. The van der Waals surface area contributed by atoms with Crippen LogP contribution in [0.3, 0.4) is 0 Å². The van der Waals surface area contributed by atoms with Gasteiger partial charge in [-0.05, 0) is 12.1 Å². The number of hydrogen-bond acceptors (Lipinski definition) is 4. The third-order valence-electron chi connectivity index (χ3n) is 1.87. The minimum absolute atomic E-state index is 0.0904. The average Bonchev–Trinajstić information content (AvgIpc) is 2.37. The topological polar surface area (TPSA) is 59.9 Å². The van der Waals surface area contributed by atoms with Crippen LogP contribution < -0.4 is 0 Å². The maximum absolute atomic E-state index is 13.5. The van der Waals surface area contributed by atoms with Crippen LogP contribution in [0.1, 0.15) is 5.56 Å². The zero-order valence-electron chi connectivity index (χ0n) is 9.50. The van der Waals surface area contributed by atoms with Gasteiger partial charge in [-0.25, -0.2) is 9.38 Å². The Morgan fingerprint density at radius 2 is 2.00 bits per heavy atom. The summed E-state index contributed by atoms with van der Waals surface area (Å²) in [7, 11) is 0. The molecule has 0 spiro atoms. The van der Waals surface area contributed by atoms with E-state index in [-0.39, 0.29) is 10.5 Å². The van der Waals surface area contributed by atoms with Gasteiger partial charge < -0.3 is 0 Å². The summed E-state index contributed by atoms with van der Waals surface area (Å²) in [4.78, 5) is 3.31. The first kappa shape index (κ1) is 16.3. The average molecular weight is 322 g/mol. The van der Waals surface area contributed by atoms with Crippen LogP contribution in [0.25, 0.3) is 0 Å². The third-order valence-corrected chi connectivity index (χ3v) is 3.16. The highest BCUT2D eigenvalue weighted by atomic mass is 35.5. The summed E-state index contributed by atoms with van der Waals surface area (Å²) in [5, 5.41) is 16.6. The molecule has 0 bridgehead atoms. The van der Waals surface area contributed by atoms with E-state index < -0.39 is 28.6 Å². The smallest absolute Gasteiger partial charge is 0.223 e. The molecule has 0 radical (unpaired) electrons. The lowest BCUT2D eigenvalue weighted by Gasteiger charge is -2.08. The van der Waals surface area contributed by atoms with Crippen molar-refractivity contribution in [3.63, 3.8) is 0 Å². The minimum Gasteiger partial charge on any atom is -0.223 e. The van der Waals surface area contributed by atoms with Gasteiger partial charge in [0, 0.05) is 4.90 Å². The van der Waals surface area contributed by atoms with Crippen molar-refractivity contribution in [3.05, 3.63) is 23.5 Å². The highest BCUT2D eigenvalue weighted by Gasteiger charge is 2.28. The molecular weight excluding hydrogens is 318 g/mol. The van der Waals surface area contributed by atoms with Crippen LogP contribution in [0.5, 0.6) is 0 Å². The number of rotatable bonds is 3. The summed E-state index contributed by atoms with van der Waals surface area (Å²) in [6.45, 7) is 0. The molecule has 3 nitrogen and oxygen atoms in total. The number of benzene rings is 1. The second-order valence-electron chi connectivity index (χ2n) is 3.33. The summed E-state index contributed by atoms with van der Waals surface area (Å²) in [6.07, 6.45) is -4.43. The van der Waals surface area contributed by atoms with Crippen LogP contribution in [-0.2, 0) is 0 Å². The van der Waals surface area contributed by atoms with E-state index in [1.165, 1.54) is 6.07 Å². The van der Waals surface area contributed by atoms with Crippen molar-refractivity contribution >= 4 is 34.2 Å². The molecule has 1 aromatic rings. The molecule has 0 amide bonds. The zero-order chi connectivity index (χ0) is 15.3. The number of nitriles is 2. The fourth-order valence-electron chi connectivity index (χ4n) is 1.13. The van der Waals surface area contributed by atoms with E-state index in [9.17, 15) is 17.6 Å². The van der Waals surface area contributed by atoms with Crippen molar-refractivity contribution in [1.29, 1.82) is 10.5 Å². The van der Waals surface area contributed by atoms with Crippen molar-refractivity contribution in [2.45, 2.75) is 11.1 Å². The fraction of sp³-hybridized carbons (Fsp3) is 0.182. The quantitative estimate of drug-likeness (QED) is 0.477. The SMILES string of the molecule is N#CC(Cl)=Nc1cc(SCC(F)(F)F)c(C#N)cc1F. The third kappa shape index (κ3) is 4.72. The second-order valence-corrected chi connectivity index (χ2v) is 4.71. The van der Waals surface area contributed by atoms with E-state index in [0.717, 1.165) is 12.1 Å². The lowest BCUT2D eigenvalue weighted by Crippen LogP contribution is -2.10. The molecule has 0 fully saturated rings. The van der Waals surface area contributed by atoms with Gasteiger partial charge >= 0.3 is 6.18 Å². The first-order valence-corrected chi connectivity index (χ1v) is 6.20. The Morgan fingerprint density at radius 1 is 1.35 bits per heavy atom. The van der Waals surface area contributed by atoms with Gasteiger partial charge in [-0.1, -0.05) is 11.6 Å². The van der Waals surface area contributed by atoms with Crippen LogP contribution >= 0.6 is 23.4 Å². The van der Waals surface area contributed by atoms with Crippen molar-refractivity contribution in [1.82, 2.24) is 0 Å². The summed E-state index contributed by atoms with van der Waals surface area (Å²) in [6, 6.07) is 4.73. The lowest BCUT2D eigenvalue weighted by atomic mass is 10.2. The van der Waals surface area contributed by atoms with Crippen LogP contribution in [-0.4, -0.2) is 17.1 Å². The molecule has 0 aliphatic heterocycles. The zero-order valence-corrected chi connectivity index (χ0v) is 11.1. The molecule has 0 aliphatic rings. The van der Waals surface area contributed by atoms with E-state index in [1.807, 2.05) is 0 Å². The molecule has 1 aromatic carbocycles. The molecule has 9 heteroatoms. The Balaban J connectivity index is 3.20. The summed E-state index contributed by atoms with van der Waals surface area (Å²) in [5.41, 5.74) is -0.649. The van der Waals surface area contributed by atoms with Gasteiger partial charge in [0.15, 0.2) is 0 Å². The first-order valence-electron chi connectivity index (χ1n) is 4.84. The van der Waals surface area contributed by atoms with Crippen molar-refractivity contribution in [2.75, 3.05) is 5.75 Å². The summed E-state index contributed by atoms with van der Waals surface area (Å²) < 4.78 is 50.0. The number of alkyl halides is 3. The molecular formula is C11H4ClF4N3S. The van der Waals surface area contributed by atoms with Gasteiger partial charge in [-0.15, -0.1) is 11.8 Å². The monoisotopic (exact) mass is 321 g/mol. The van der Waals surface area contributed by atoms with E-state index in [1.54, 1.807) is 6.07 Å². The van der Waals surface area contributed by atoms with Gasteiger partial charge in [0.05, 0.1) is 11.3 Å². The molecule has 20 heavy (non-hydrogen) atoms. The maximum atomic E-state index is 13.5. The van der Waals surface area contributed by atoms with Crippen molar-refractivity contribution in [2.24, 2.45) is 4.99 Å². The number of hydrogen-bond donors (Lipinski definition) is 0. The standard InChI is InChI=1S/C11H4ClF4N3S/c12-10(4-18)19-8-2-9(20-5-11(14,15)16)6(3-17)1-7(8)13/h1-2H,5H2. The number of halogens is 5. The molecule has 0 saturated heterocycles. The normalized spacial score (nSPS) is 11.8. The van der Waals surface area contributed by atoms with E-state index >= 15 is 0 Å². The van der Waals surface area contributed by atoms with Gasteiger partial charge in [0.25, 0.3) is 0 Å². The van der Waals surface area contributed by atoms with Crippen molar-refractivity contribution in [3.8, 4) is 12.1 Å². The molecule has 0 unspecified atom stereocenters. The molecule has 0 heterocycles. The van der Waals surface area contributed by atoms with Crippen LogP contribution in [0.15, 0.2) is 22.0 Å². The Bertz CT molecular complexity index is 628. The van der Waals surface area contributed by atoms with Gasteiger partial charge in [-0.3, -0.25) is 0 Å². The Morgan fingerprint density at radius 3 is 2.50 bits per heavy atom. The summed E-state index contributed by atoms with van der Waals surface area (Å²) in [5.74, 6) is -2.19. The highest BCUT2D eigenvalue weighted by Crippen LogP contribution is 2.33. The predicted octanol–water partition coefficient (Wildman–Crippen LogP) is 4.14. The molecule has 0 atom stereocenters. The van der Waals surface area contributed by atoms with Crippen LogP contribution in [0.2, 0.25) is 0 Å². The fourth-order valence-corrected chi connectivity index (χ4v) is 1.99. The molecule has 0 N–H and O–H groups in total. The van der Waals surface area contributed by atoms with Gasteiger partial charge in [0.1, 0.15) is 23.6 Å². The summed E-state index contributed by atoms with van der Waals surface area (Å²) >= 11 is 5.64. The Kier molecular flexibility index (Phi) is 5.37. The Labute approximate surface area is 120 Å². The largest absolute Gasteiger partial charge is 0.398 e. The number of nitrogens with zero attached hydrogens (tertiary/aromatic N) is 3. The molecule has 104 valence electrons. The van der Waals surface area contributed by atoms with E-state index in [4.69, 9.17) is 22.1 Å². The van der Waals surface area contributed by atoms with Crippen molar-refractivity contribution < 1.29 is 17.6 Å². The molecule has 0 saturated carbocycles. The number of thioether (sulfide) groups is 1. The first-order chi connectivity index (χ1) is 9.26. The number of aliphatic imine (C=N–C) groups is 1. The van der Waals surface area contributed by atoms with Crippen LogP contribution in [0, 0.1) is 28.5 Å². The van der Waals surface area contributed by atoms with Crippen LogP contribution in [0.4, 0.5) is 23.2 Å². The lowest BCUT2D eigenvalue weighted by molar-refractivity contribution is -0.105. The van der Waals surface area contributed by atoms with Gasteiger partial charge in [0.2, 0.25) is 5.17 Å². The van der Waals surface area contributed by atoms with Gasteiger partial charge in [-0.2, -0.15) is 23.7 Å². The van der Waals surface area contributed by atoms with E-state index in [2.05, 4.69) is 4.99 Å². The minimum atomic E-state index is -4.43. The molecule has 0 aliphatic carbocycles. The molecule has 0 aromatic heterocycles. The maximum Gasteiger partial charge on any atom is 0.398 e. The second kappa shape index (κ2) is 6.60. The van der Waals surface area contributed by atoms with E-state index in [0.29, 0.717) is 11.8 Å². The molecule has 1 rings (SSSR count). The predicted molar refractivity (Wildman–Crippen MR) is 66.5 cm³/mol. The Hall–Kier alpha value is -1.77.